The van der Waals surface area contributed by atoms with Gasteiger partial charge in [0.1, 0.15) is 6.61 Å². The number of amides is 1. The number of benzene rings is 2. The summed E-state index contributed by atoms with van der Waals surface area (Å²) in [5, 5.41) is 2.18. The van der Waals surface area contributed by atoms with E-state index in [2.05, 4.69) is 5.32 Å². The van der Waals surface area contributed by atoms with Crippen molar-refractivity contribution in [2.45, 2.75) is 19.7 Å². The Morgan fingerprint density at radius 2 is 1.75 bits per heavy atom. The third-order valence-corrected chi connectivity index (χ3v) is 3.13. The van der Waals surface area contributed by atoms with Crippen molar-refractivity contribution >= 4 is 17.6 Å². The Kier molecular flexibility index (Phi) is 5.23. The molecular formula is C17H14F3NO3. The number of ether oxygens (including phenoxy) is 1. The van der Waals surface area contributed by atoms with Crippen LogP contribution in [0.2, 0.25) is 0 Å². The van der Waals surface area contributed by atoms with Crippen LogP contribution in [0, 0.1) is 6.92 Å². The average Bonchev–Trinajstić information content (AvgIpc) is 2.54. The van der Waals surface area contributed by atoms with Gasteiger partial charge in [-0.15, -0.1) is 0 Å². The summed E-state index contributed by atoms with van der Waals surface area (Å²) in [6, 6.07) is 12.6. The van der Waals surface area contributed by atoms with Gasteiger partial charge in [-0.05, 0) is 24.6 Å². The predicted molar refractivity (Wildman–Crippen MR) is 81.8 cm³/mol. The molecule has 0 saturated heterocycles. The van der Waals surface area contributed by atoms with Crippen LogP contribution in [0.4, 0.5) is 23.7 Å². The van der Waals surface area contributed by atoms with Crippen molar-refractivity contribution in [1.29, 1.82) is 0 Å². The van der Waals surface area contributed by atoms with Crippen LogP contribution in [0.5, 0.6) is 0 Å². The molecule has 0 fully saturated rings. The van der Waals surface area contributed by atoms with E-state index in [1.54, 1.807) is 37.3 Å². The Bertz CT molecular complexity index is 742. The predicted octanol–water partition coefficient (Wildman–Crippen LogP) is 4.49. The summed E-state index contributed by atoms with van der Waals surface area (Å²) < 4.78 is 42.9. The molecule has 24 heavy (non-hydrogen) atoms. The van der Waals surface area contributed by atoms with Gasteiger partial charge < -0.3 is 4.74 Å². The first kappa shape index (κ1) is 17.5. The van der Waals surface area contributed by atoms with Gasteiger partial charge in [-0.3, -0.25) is 10.1 Å². The Labute approximate surface area is 136 Å². The van der Waals surface area contributed by atoms with Gasteiger partial charge in [0, 0.05) is 0 Å². The SMILES string of the molecule is Cc1ccc(NC(=O)OCc2ccccc2)c(C(=O)C(F)(F)F)c1. The first-order valence-corrected chi connectivity index (χ1v) is 6.97. The summed E-state index contributed by atoms with van der Waals surface area (Å²) in [5.41, 5.74) is 0.314. The van der Waals surface area contributed by atoms with E-state index in [1.807, 2.05) is 0 Å². The first-order valence-electron chi connectivity index (χ1n) is 6.97. The highest BCUT2D eigenvalue weighted by molar-refractivity contribution is 6.07. The molecule has 7 heteroatoms. The summed E-state index contributed by atoms with van der Waals surface area (Å²) >= 11 is 0. The highest BCUT2D eigenvalue weighted by Gasteiger charge is 2.40. The molecule has 0 unspecified atom stereocenters. The third kappa shape index (κ3) is 4.58. The second-order valence-corrected chi connectivity index (χ2v) is 5.06. The molecule has 2 aromatic rings. The largest absolute Gasteiger partial charge is 0.454 e. The van der Waals surface area contributed by atoms with E-state index in [0.717, 1.165) is 11.6 Å². The van der Waals surface area contributed by atoms with Crippen LogP contribution in [-0.2, 0) is 11.3 Å². The Morgan fingerprint density at radius 1 is 1.08 bits per heavy atom. The lowest BCUT2D eigenvalue weighted by atomic mass is 10.0. The normalized spacial score (nSPS) is 11.0. The van der Waals surface area contributed by atoms with Crippen molar-refractivity contribution in [3.8, 4) is 0 Å². The number of aryl methyl sites for hydroxylation is 1. The topological polar surface area (TPSA) is 55.4 Å². The van der Waals surface area contributed by atoms with E-state index < -0.39 is 23.6 Å². The molecule has 0 aliphatic carbocycles. The summed E-state index contributed by atoms with van der Waals surface area (Å²) in [5.74, 6) is -2.02. The number of hydrogen-bond acceptors (Lipinski definition) is 3. The maximum absolute atomic E-state index is 12.7. The van der Waals surface area contributed by atoms with E-state index >= 15 is 0 Å². The lowest BCUT2D eigenvalue weighted by molar-refractivity contribution is -0.0884. The van der Waals surface area contributed by atoms with Crippen molar-refractivity contribution in [1.82, 2.24) is 0 Å². The molecule has 0 aromatic heterocycles. The summed E-state index contributed by atoms with van der Waals surface area (Å²) in [4.78, 5) is 23.3. The maximum atomic E-state index is 12.7. The smallest absolute Gasteiger partial charge is 0.444 e. The van der Waals surface area contributed by atoms with Crippen LogP contribution in [0.25, 0.3) is 0 Å². The van der Waals surface area contributed by atoms with Crippen LogP contribution >= 0.6 is 0 Å². The van der Waals surface area contributed by atoms with Gasteiger partial charge in [0.15, 0.2) is 0 Å². The number of carbonyl (C=O) groups is 2. The molecule has 2 rings (SSSR count). The second kappa shape index (κ2) is 7.16. The van der Waals surface area contributed by atoms with Crippen molar-refractivity contribution < 1.29 is 27.5 Å². The molecule has 1 N–H and O–H groups in total. The van der Waals surface area contributed by atoms with E-state index in [1.165, 1.54) is 12.1 Å². The van der Waals surface area contributed by atoms with Crippen LogP contribution in [0.15, 0.2) is 48.5 Å². The molecule has 4 nitrogen and oxygen atoms in total. The number of carbonyl (C=O) groups excluding carboxylic acids is 2. The molecular weight excluding hydrogens is 323 g/mol. The molecule has 0 aliphatic rings. The second-order valence-electron chi connectivity index (χ2n) is 5.06. The quantitative estimate of drug-likeness (QED) is 0.837. The zero-order valence-corrected chi connectivity index (χ0v) is 12.7. The number of Topliss-reactive ketones (excluding diaryl/α,β-unsaturated/α-hetero) is 1. The number of nitrogens with one attached hydrogen (secondary N) is 1. The van der Waals surface area contributed by atoms with Gasteiger partial charge >= 0.3 is 12.3 Å². The van der Waals surface area contributed by atoms with Crippen molar-refractivity contribution in [3.63, 3.8) is 0 Å². The minimum atomic E-state index is -5.03. The lowest BCUT2D eigenvalue weighted by Crippen LogP contribution is -2.25. The van der Waals surface area contributed by atoms with Crippen molar-refractivity contribution in [3.05, 3.63) is 65.2 Å². The molecule has 1 amide bonds. The fourth-order valence-corrected chi connectivity index (χ4v) is 1.98. The number of ketones is 1. The molecule has 0 bridgehead atoms. The highest BCUT2D eigenvalue weighted by atomic mass is 19.4. The third-order valence-electron chi connectivity index (χ3n) is 3.13. The molecule has 2 aromatic carbocycles. The Morgan fingerprint density at radius 3 is 2.38 bits per heavy atom. The number of rotatable bonds is 4. The minimum Gasteiger partial charge on any atom is -0.444 e. The molecule has 0 saturated carbocycles. The molecule has 0 radical (unpaired) electrons. The molecule has 0 atom stereocenters. The van der Waals surface area contributed by atoms with E-state index in [0.29, 0.717) is 5.56 Å². The van der Waals surface area contributed by atoms with Gasteiger partial charge in [-0.2, -0.15) is 13.2 Å². The number of alkyl halides is 3. The Hall–Kier alpha value is -2.83. The van der Waals surface area contributed by atoms with Gasteiger partial charge in [0.25, 0.3) is 5.78 Å². The lowest BCUT2D eigenvalue weighted by Gasteiger charge is -2.13. The molecule has 0 aliphatic heterocycles. The molecule has 126 valence electrons. The fraction of sp³-hybridized carbons (Fsp3) is 0.176. The van der Waals surface area contributed by atoms with E-state index in [9.17, 15) is 22.8 Å². The number of anilines is 1. The number of halogens is 3. The zero-order valence-electron chi connectivity index (χ0n) is 12.7. The number of hydrogen-bond donors (Lipinski definition) is 1. The van der Waals surface area contributed by atoms with Crippen molar-refractivity contribution in [2.75, 3.05) is 5.32 Å². The zero-order chi connectivity index (χ0) is 17.7. The van der Waals surface area contributed by atoms with Crippen LogP contribution < -0.4 is 5.32 Å². The van der Waals surface area contributed by atoms with Gasteiger partial charge in [0.2, 0.25) is 0 Å². The summed E-state index contributed by atoms with van der Waals surface area (Å²) in [6.45, 7) is 1.51. The minimum absolute atomic E-state index is 0.0406. The molecule has 0 heterocycles. The van der Waals surface area contributed by atoms with Gasteiger partial charge in [0.05, 0.1) is 11.3 Å². The highest BCUT2D eigenvalue weighted by Crippen LogP contribution is 2.27. The first-order chi connectivity index (χ1) is 11.3. The summed E-state index contributed by atoms with van der Waals surface area (Å²) in [6.07, 6.45) is -5.98. The van der Waals surface area contributed by atoms with Crippen LogP contribution in [-0.4, -0.2) is 18.1 Å². The van der Waals surface area contributed by atoms with E-state index in [-0.39, 0.29) is 12.3 Å². The van der Waals surface area contributed by atoms with E-state index in [4.69, 9.17) is 4.74 Å². The van der Waals surface area contributed by atoms with Crippen molar-refractivity contribution in [2.24, 2.45) is 0 Å². The Balaban J connectivity index is 2.11. The monoisotopic (exact) mass is 337 g/mol. The van der Waals surface area contributed by atoms with Crippen LogP contribution in [0.3, 0.4) is 0 Å². The van der Waals surface area contributed by atoms with Gasteiger partial charge in [-0.25, -0.2) is 4.79 Å². The maximum Gasteiger partial charge on any atom is 0.454 e. The van der Waals surface area contributed by atoms with Gasteiger partial charge in [-0.1, -0.05) is 42.0 Å². The molecule has 0 spiro atoms. The standard InChI is InChI=1S/C17H14F3NO3/c1-11-7-8-14(13(9-11)15(22)17(18,19)20)21-16(23)24-10-12-5-3-2-4-6-12/h2-9H,10H2,1H3,(H,21,23). The summed E-state index contributed by atoms with van der Waals surface area (Å²) in [7, 11) is 0. The fourth-order valence-electron chi connectivity index (χ4n) is 1.98. The average molecular weight is 337 g/mol. The van der Waals surface area contributed by atoms with Crippen LogP contribution in [0.1, 0.15) is 21.5 Å².